The summed E-state index contributed by atoms with van der Waals surface area (Å²) in [6.45, 7) is 9.37. The smallest absolute Gasteiger partial charge is 0.243 e. The number of sulfonamides is 1. The highest BCUT2D eigenvalue weighted by Gasteiger charge is 2.15. The van der Waals surface area contributed by atoms with Crippen molar-refractivity contribution in [2.75, 3.05) is 19.6 Å². The standard InChI is InChI=1S/C14H28N4O2S/c1-4-15-8-6-10-18-12-14(11-16-18)21(19,20)17-9-5-7-13(2)3/h11-13,15,17H,4-10H2,1-3H3. The second-order valence-electron chi connectivity index (χ2n) is 5.58. The zero-order valence-electron chi connectivity index (χ0n) is 13.3. The third kappa shape index (κ3) is 7.06. The maximum Gasteiger partial charge on any atom is 0.243 e. The van der Waals surface area contributed by atoms with Crippen molar-refractivity contribution in [1.29, 1.82) is 0 Å². The van der Waals surface area contributed by atoms with Crippen molar-refractivity contribution < 1.29 is 8.42 Å². The summed E-state index contributed by atoms with van der Waals surface area (Å²) in [5.74, 6) is 0.592. The molecule has 0 spiro atoms. The van der Waals surface area contributed by atoms with Crippen LogP contribution in [0.15, 0.2) is 17.3 Å². The molecule has 2 N–H and O–H groups in total. The molecular formula is C14H28N4O2S. The van der Waals surface area contributed by atoms with Crippen LogP contribution in [0.25, 0.3) is 0 Å². The molecule has 1 aromatic rings. The van der Waals surface area contributed by atoms with Crippen LogP contribution >= 0.6 is 0 Å². The Morgan fingerprint density at radius 2 is 2.05 bits per heavy atom. The predicted molar refractivity (Wildman–Crippen MR) is 84.6 cm³/mol. The fourth-order valence-corrected chi connectivity index (χ4v) is 2.97. The molecule has 1 heterocycles. The normalized spacial score (nSPS) is 12.2. The molecule has 0 bridgehead atoms. The van der Waals surface area contributed by atoms with Gasteiger partial charge >= 0.3 is 0 Å². The van der Waals surface area contributed by atoms with Crippen molar-refractivity contribution in [1.82, 2.24) is 19.8 Å². The van der Waals surface area contributed by atoms with E-state index in [1.165, 1.54) is 6.20 Å². The average molecular weight is 316 g/mol. The van der Waals surface area contributed by atoms with Crippen molar-refractivity contribution in [3.05, 3.63) is 12.4 Å². The molecule has 122 valence electrons. The van der Waals surface area contributed by atoms with E-state index < -0.39 is 10.0 Å². The summed E-state index contributed by atoms with van der Waals surface area (Å²) in [5, 5.41) is 7.33. The SMILES string of the molecule is CCNCCCn1cc(S(=O)(=O)NCCCC(C)C)cn1. The van der Waals surface area contributed by atoms with E-state index in [1.807, 2.05) is 0 Å². The highest BCUT2D eigenvalue weighted by atomic mass is 32.2. The summed E-state index contributed by atoms with van der Waals surface area (Å²) in [5.41, 5.74) is 0. The molecule has 0 saturated carbocycles. The van der Waals surface area contributed by atoms with Gasteiger partial charge in [0.2, 0.25) is 10.0 Å². The quantitative estimate of drug-likeness (QED) is 0.608. The Morgan fingerprint density at radius 1 is 1.29 bits per heavy atom. The highest BCUT2D eigenvalue weighted by molar-refractivity contribution is 7.89. The van der Waals surface area contributed by atoms with Gasteiger partial charge in [0, 0.05) is 19.3 Å². The van der Waals surface area contributed by atoms with Crippen molar-refractivity contribution in [2.45, 2.75) is 51.5 Å². The van der Waals surface area contributed by atoms with Crippen LogP contribution in [0, 0.1) is 5.92 Å². The molecule has 0 amide bonds. The maximum absolute atomic E-state index is 12.1. The van der Waals surface area contributed by atoms with E-state index in [9.17, 15) is 8.42 Å². The molecule has 1 aromatic heterocycles. The molecular weight excluding hydrogens is 288 g/mol. The van der Waals surface area contributed by atoms with E-state index in [4.69, 9.17) is 0 Å². The topological polar surface area (TPSA) is 76.0 Å². The molecule has 0 unspecified atom stereocenters. The monoisotopic (exact) mass is 316 g/mol. The lowest BCUT2D eigenvalue weighted by Crippen LogP contribution is -2.24. The van der Waals surface area contributed by atoms with E-state index in [0.717, 1.165) is 38.9 Å². The Hall–Kier alpha value is -0.920. The third-order valence-electron chi connectivity index (χ3n) is 3.16. The summed E-state index contributed by atoms with van der Waals surface area (Å²) in [6, 6.07) is 0. The molecule has 7 heteroatoms. The number of hydrogen-bond donors (Lipinski definition) is 2. The zero-order valence-corrected chi connectivity index (χ0v) is 14.1. The number of rotatable bonds is 11. The number of aryl methyl sites for hydroxylation is 1. The number of aromatic nitrogens is 2. The van der Waals surface area contributed by atoms with Gasteiger partial charge in [-0.05, 0) is 38.3 Å². The lowest BCUT2D eigenvalue weighted by atomic mass is 10.1. The maximum atomic E-state index is 12.1. The van der Waals surface area contributed by atoms with E-state index in [-0.39, 0.29) is 4.90 Å². The predicted octanol–water partition coefficient (Wildman–Crippen LogP) is 1.60. The molecule has 0 radical (unpaired) electrons. The molecule has 0 fully saturated rings. The zero-order chi connectivity index (χ0) is 15.7. The van der Waals surface area contributed by atoms with Crippen LogP contribution in [0.2, 0.25) is 0 Å². The lowest BCUT2D eigenvalue weighted by Gasteiger charge is -2.06. The summed E-state index contributed by atoms with van der Waals surface area (Å²) in [7, 11) is -3.42. The van der Waals surface area contributed by atoms with Crippen molar-refractivity contribution in [3.8, 4) is 0 Å². The molecule has 0 aromatic carbocycles. The van der Waals surface area contributed by atoms with Gasteiger partial charge in [-0.15, -0.1) is 0 Å². The fourth-order valence-electron chi connectivity index (χ4n) is 1.95. The van der Waals surface area contributed by atoms with E-state index in [1.54, 1.807) is 10.9 Å². The number of nitrogens with one attached hydrogen (secondary N) is 2. The Balaban J connectivity index is 2.42. The second kappa shape index (κ2) is 9.17. The number of nitrogens with zero attached hydrogens (tertiary/aromatic N) is 2. The lowest BCUT2D eigenvalue weighted by molar-refractivity contribution is 0.539. The second-order valence-corrected chi connectivity index (χ2v) is 7.35. The summed E-state index contributed by atoms with van der Waals surface area (Å²) >= 11 is 0. The van der Waals surface area contributed by atoms with E-state index in [0.29, 0.717) is 12.5 Å². The van der Waals surface area contributed by atoms with Gasteiger partial charge in [-0.25, -0.2) is 13.1 Å². The molecule has 0 aliphatic carbocycles. The van der Waals surface area contributed by atoms with Crippen LogP contribution in [0.5, 0.6) is 0 Å². The molecule has 0 saturated heterocycles. The van der Waals surface area contributed by atoms with Gasteiger partial charge in [0.05, 0.1) is 6.20 Å². The number of hydrogen-bond acceptors (Lipinski definition) is 4. The molecule has 6 nitrogen and oxygen atoms in total. The first kappa shape index (κ1) is 18.1. The van der Waals surface area contributed by atoms with Crippen LogP contribution in [0.1, 0.15) is 40.0 Å². The van der Waals surface area contributed by atoms with Gasteiger partial charge in [0.1, 0.15) is 4.90 Å². The average Bonchev–Trinajstić information content (AvgIpc) is 2.89. The van der Waals surface area contributed by atoms with Crippen LogP contribution in [-0.4, -0.2) is 37.8 Å². The van der Waals surface area contributed by atoms with Gasteiger partial charge in [-0.3, -0.25) is 4.68 Å². The molecule has 1 rings (SSSR count). The Kier molecular flexibility index (Phi) is 7.92. The van der Waals surface area contributed by atoms with Gasteiger partial charge in [0.25, 0.3) is 0 Å². The van der Waals surface area contributed by atoms with E-state index in [2.05, 4.69) is 35.9 Å². The first-order chi connectivity index (χ1) is 9.95. The summed E-state index contributed by atoms with van der Waals surface area (Å²) in [6.07, 6.45) is 5.81. The molecule has 0 aliphatic heterocycles. The van der Waals surface area contributed by atoms with Gasteiger partial charge in [0.15, 0.2) is 0 Å². The summed E-state index contributed by atoms with van der Waals surface area (Å²) in [4.78, 5) is 0.246. The Morgan fingerprint density at radius 3 is 2.71 bits per heavy atom. The molecule has 0 atom stereocenters. The largest absolute Gasteiger partial charge is 0.317 e. The molecule has 0 aliphatic rings. The van der Waals surface area contributed by atoms with Crippen LogP contribution in [-0.2, 0) is 16.6 Å². The van der Waals surface area contributed by atoms with Crippen LogP contribution < -0.4 is 10.0 Å². The van der Waals surface area contributed by atoms with Gasteiger partial charge < -0.3 is 5.32 Å². The van der Waals surface area contributed by atoms with Crippen molar-refractivity contribution >= 4 is 10.0 Å². The molecule has 21 heavy (non-hydrogen) atoms. The van der Waals surface area contributed by atoms with Crippen LogP contribution in [0.4, 0.5) is 0 Å². The fraction of sp³-hybridized carbons (Fsp3) is 0.786. The minimum Gasteiger partial charge on any atom is -0.317 e. The Labute approximate surface area is 128 Å². The minimum absolute atomic E-state index is 0.246. The van der Waals surface area contributed by atoms with Crippen molar-refractivity contribution in [3.63, 3.8) is 0 Å². The van der Waals surface area contributed by atoms with Gasteiger partial charge in [-0.2, -0.15) is 5.10 Å². The first-order valence-corrected chi connectivity index (χ1v) is 9.17. The minimum atomic E-state index is -3.42. The first-order valence-electron chi connectivity index (χ1n) is 7.68. The van der Waals surface area contributed by atoms with Gasteiger partial charge in [-0.1, -0.05) is 20.8 Å². The summed E-state index contributed by atoms with van der Waals surface area (Å²) < 4.78 is 28.5. The van der Waals surface area contributed by atoms with Crippen LogP contribution in [0.3, 0.4) is 0 Å². The third-order valence-corrected chi connectivity index (χ3v) is 4.58. The van der Waals surface area contributed by atoms with E-state index >= 15 is 0 Å². The van der Waals surface area contributed by atoms with Crippen molar-refractivity contribution in [2.24, 2.45) is 5.92 Å². The Bertz CT molecular complexity index is 497. The highest BCUT2D eigenvalue weighted by Crippen LogP contribution is 2.08.